The van der Waals surface area contributed by atoms with Gasteiger partial charge in [-0.1, -0.05) is 74.5 Å². The van der Waals surface area contributed by atoms with E-state index >= 15 is 0 Å². The quantitative estimate of drug-likeness (QED) is 0.765. The Hall–Kier alpha value is -2.66. The van der Waals surface area contributed by atoms with Crippen molar-refractivity contribution in [3.8, 4) is 0 Å². The van der Waals surface area contributed by atoms with Crippen molar-refractivity contribution in [2.75, 3.05) is 13.2 Å². The van der Waals surface area contributed by atoms with Crippen LogP contribution in [0.3, 0.4) is 0 Å². The molecule has 0 bridgehead atoms. The molecule has 0 saturated carbocycles. The summed E-state index contributed by atoms with van der Waals surface area (Å²) in [7, 11) is 0. The zero-order valence-corrected chi connectivity index (χ0v) is 15.3. The number of carbonyl (C=O) groups excluding carboxylic acids is 2. The maximum Gasteiger partial charge on any atom is 0.247 e. The van der Waals surface area contributed by atoms with E-state index in [0.29, 0.717) is 6.54 Å². The summed E-state index contributed by atoms with van der Waals surface area (Å²) in [4.78, 5) is 27.4. The van der Waals surface area contributed by atoms with Gasteiger partial charge in [0.15, 0.2) is 0 Å². The molecule has 5 nitrogen and oxygen atoms in total. The first kappa shape index (κ1) is 19.7. The Labute approximate surface area is 154 Å². The molecule has 0 aliphatic rings. The molecular formula is C21H26N2O3. The van der Waals surface area contributed by atoms with Crippen LogP contribution in [0.1, 0.15) is 31.0 Å². The lowest BCUT2D eigenvalue weighted by molar-refractivity contribution is -0.144. The van der Waals surface area contributed by atoms with E-state index in [1.165, 1.54) is 0 Å². The van der Waals surface area contributed by atoms with Crippen molar-refractivity contribution in [2.45, 2.75) is 26.4 Å². The van der Waals surface area contributed by atoms with Gasteiger partial charge in [-0.05, 0) is 11.1 Å². The standard InChI is InChI=1S/C21H26N2O3/c1-16(2)21(26)23(15-17-9-5-3-6-10-17)19(20(25)22-13-14-24)18-11-7-4-8-12-18/h3-12,16,19,24H,13-15H2,1-2H3,(H,22,25). The van der Waals surface area contributed by atoms with Crippen LogP contribution in [0, 0.1) is 5.92 Å². The molecule has 0 heterocycles. The van der Waals surface area contributed by atoms with Gasteiger partial charge >= 0.3 is 0 Å². The molecule has 0 aliphatic carbocycles. The molecule has 138 valence electrons. The van der Waals surface area contributed by atoms with Crippen LogP contribution in [0.4, 0.5) is 0 Å². The van der Waals surface area contributed by atoms with Crippen molar-refractivity contribution >= 4 is 11.8 Å². The number of nitrogens with one attached hydrogen (secondary N) is 1. The third-order valence-corrected chi connectivity index (χ3v) is 4.06. The first-order valence-corrected chi connectivity index (χ1v) is 8.82. The van der Waals surface area contributed by atoms with Gasteiger partial charge in [-0.15, -0.1) is 0 Å². The lowest BCUT2D eigenvalue weighted by Crippen LogP contribution is -2.45. The number of benzene rings is 2. The maximum atomic E-state index is 12.9. The Balaban J connectivity index is 2.42. The maximum absolute atomic E-state index is 12.9. The summed E-state index contributed by atoms with van der Waals surface area (Å²) >= 11 is 0. The molecular weight excluding hydrogens is 328 g/mol. The molecule has 1 atom stereocenters. The number of hydrogen-bond acceptors (Lipinski definition) is 3. The highest BCUT2D eigenvalue weighted by molar-refractivity contribution is 5.89. The van der Waals surface area contributed by atoms with Crippen molar-refractivity contribution in [3.05, 3.63) is 71.8 Å². The van der Waals surface area contributed by atoms with E-state index in [4.69, 9.17) is 5.11 Å². The number of hydrogen-bond donors (Lipinski definition) is 2. The molecule has 2 aromatic carbocycles. The number of rotatable bonds is 8. The van der Waals surface area contributed by atoms with Crippen molar-refractivity contribution in [1.82, 2.24) is 10.2 Å². The lowest BCUT2D eigenvalue weighted by Gasteiger charge is -2.32. The van der Waals surface area contributed by atoms with Crippen LogP contribution in [0.2, 0.25) is 0 Å². The predicted octanol–water partition coefficient (Wildman–Crippen LogP) is 2.52. The van der Waals surface area contributed by atoms with Crippen molar-refractivity contribution in [1.29, 1.82) is 0 Å². The first-order valence-electron chi connectivity index (χ1n) is 8.82. The summed E-state index contributed by atoms with van der Waals surface area (Å²) in [5.74, 6) is -0.632. The summed E-state index contributed by atoms with van der Waals surface area (Å²) in [6, 6.07) is 18.1. The Morgan fingerprint density at radius 1 is 1.00 bits per heavy atom. The van der Waals surface area contributed by atoms with Gasteiger partial charge in [-0.25, -0.2) is 0 Å². The van der Waals surface area contributed by atoms with Crippen molar-refractivity contribution < 1.29 is 14.7 Å². The van der Waals surface area contributed by atoms with E-state index in [-0.39, 0.29) is 30.9 Å². The average Bonchev–Trinajstić information content (AvgIpc) is 2.66. The topological polar surface area (TPSA) is 69.6 Å². The van der Waals surface area contributed by atoms with E-state index in [1.807, 2.05) is 74.5 Å². The first-order chi connectivity index (χ1) is 12.5. The van der Waals surface area contributed by atoms with Crippen LogP contribution in [0.25, 0.3) is 0 Å². The normalized spacial score (nSPS) is 11.8. The Morgan fingerprint density at radius 3 is 2.12 bits per heavy atom. The van der Waals surface area contributed by atoms with Gasteiger partial charge in [-0.3, -0.25) is 9.59 Å². The van der Waals surface area contributed by atoms with Crippen LogP contribution in [-0.4, -0.2) is 35.0 Å². The summed E-state index contributed by atoms with van der Waals surface area (Å²) in [5.41, 5.74) is 1.70. The second-order valence-corrected chi connectivity index (χ2v) is 6.43. The van der Waals surface area contributed by atoms with Gasteiger partial charge in [-0.2, -0.15) is 0 Å². The number of amides is 2. The zero-order chi connectivity index (χ0) is 18.9. The average molecular weight is 354 g/mol. The third-order valence-electron chi connectivity index (χ3n) is 4.06. The minimum absolute atomic E-state index is 0.0955. The van der Waals surface area contributed by atoms with Gasteiger partial charge in [0.1, 0.15) is 6.04 Å². The zero-order valence-electron chi connectivity index (χ0n) is 15.3. The molecule has 26 heavy (non-hydrogen) atoms. The highest BCUT2D eigenvalue weighted by Gasteiger charge is 2.32. The van der Waals surface area contributed by atoms with Crippen LogP contribution in [0.5, 0.6) is 0 Å². The monoisotopic (exact) mass is 354 g/mol. The molecule has 0 fully saturated rings. The van der Waals surface area contributed by atoms with Crippen molar-refractivity contribution in [2.24, 2.45) is 5.92 Å². The van der Waals surface area contributed by atoms with Gasteiger partial charge in [0.25, 0.3) is 0 Å². The third kappa shape index (κ3) is 5.17. The number of aliphatic hydroxyl groups excluding tert-OH is 1. The molecule has 2 rings (SSSR count). The van der Waals surface area contributed by atoms with Gasteiger partial charge in [0.05, 0.1) is 6.61 Å². The van der Waals surface area contributed by atoms with Crippen LogP contribution in [0.15, 0.2) is 60.7 Å². The number of aliphatic hydroxyl groups is 1. The second kappa shape index (κ2) is 9.73. The molecule has 5 heteroatoms. The van der Waals surface area contributed by atoms with Crippen LogP contribution in [-0.2, 0) is 16.1 Å². The van der Waals surface area contributed by atoms with Crippen molar-refractivity contribution in [3.63, 3.8) is 0 Å². The summed E-state index contributed by atoms with van der Waals surface area (Å²) in [6.45, 7) is 3.99. The van der Waals surface area contributed by atoms with Gasteiger partial charge in [0, 0.05) is 19.0 Å². The fraction of sp³-hybridized carbons (Fsp3) is 0.333. The minimum Gasteiger partial charge on any atom is -0.395 e. The predicted molar refractivity (Wildman–Crippen MR) is 101 cm³/mol. The summed E-state index contributed by atoms with van der Waals surface area (Å²) < 4.78 is 0. The van der Waals surface area contributed by atoms with Gasteiger partial charge < -0.3 is 15.3 Å². The summed E-state index contributed by atoms with van der Waals surface area (Å²) in [5, 5.41) is 11.8. The van der Waals surface area contributed by atoms with Crippen LogP contribution >= 0.6 is 0 Å². The number of nitrogens with zero attached hydrogens (tertiary/aromatic N) is 1. The minimum atomic E-state index is -0.752. The van der Waals surface area contributed by atoms with Crippen LogP contribution < -0.4 is 5.32 Å². The molecule has 1 unspecified atom stereocenters. The van der Waals surface area contributed by atoms with E-state index in [2.05, 4.69) is 5.32 Å². The smallest absolute Gasteiger partial charge is 0.247 e. The van der Waals surface area contributed by atoms with E-state index in [9.17, 15) is 9.59 Å². The highest BCUT2D eigenvalue weighted by atomic mass is 16.3. The molecule has 0 aromatic heterocycles. The van der Waals surface area contributed by atoms with E-state index in [1.54, 1.807) is 4.90 Å². The van der Waals surface area contributed by atoms with E-state index < -0.39 is 6.04 Å². The van der Waals surface area contributed by atoms with Gasteiger partial charge in [0.2, 0.25) is 11.8 Å². The second-order valence-electron chi connectivity index (χ2n) is 6.43. The Morgan fingerprint density at radius 2 is 1.58 bits per heavy atom. The molecule has 0 saturated heterocycles. The lowest BCUT2D eigenvalue weighted by atomic mass is 10.0. The Bertz CT molecular complexity index is 702. The summed E-state index contributed by atoms with van der Waals surface area (Å²) in [6.07, 6.45) is 0. The number of carbonyl (C=O) groups is 2. The fourth-order valence-corrected chi connectivity index (χ4v) is 2.79. The molecule has 0 radical (unpaired) electrons. The fourth-order valence-electron chi connectivity index (χ4n) is 2.79. The molecule has 0 aliphatic heterocycles. The molecule has 2 aromatic rings. The SMILES string of the molecule is CC(C)C(=O)N(Cc1ccccc1)C(C(=O)NCCO)c1ccccc1. The highest BCUT2D eigenvalue weighted by Crippen LogP contribution is 2.25. The van der Waals surface area contributed by atoms with E-state index in [0.717, 1.165) is 11.1 Å². The molecule has 2 N–H and O–H groups in total. The Kier molecular flexibility index (Phi) is 7.36. The largest absolute Gasteiger partial charge is 0.395 e. The molecule has 0 spiro atoms. The molecule has 2 amide bonds.